The minimum atomic E-state index is -0.292. The maximum atomic E-state index is 12.9. The van der Waals surface area contributed by atoms with Crippen molar-refractivity contribution < 1.29 is 13.6 Å². The van der Waals surface area contributed by atoms with Crippen LogP contribution in [0.5, 0.6) is 0 Å². The molecule has 2 aromatic heterocycles. The second-order valence-corrected chi connectivity index (χ2v) is 6.89. The Balaban J connectivity index is 1.49. The van der Waals surface area contributed by atoms with E-state index in [0.717, 1.165) is 17.1 Å². The summed E-state index contributed by atoms with van der Waals surface area (Å²) in [6.07, 6.45) is 3.56. The molecule has 2 heterocycles. The first-order valence-corrected chi connectivity index (χ1v) is 9.26. The molecule has 3 aromatic rings. The van der Waals surface area contributed by atoms with Gasteiger partial charge in [-0.05, 0) is 48.9 Å². The quantitative estimate of drug-likeness (QED) is 0.626. The number of H-pyrrole nitrogens is 1. The third kappa shape index (κ3) is 5.55. The zero-order valence-corrected chi connectivity index (χ0v) is 15.8. The highest BCUT2D eigenvalue weighted by Crippen LogP contribution is 2.15. The molecule has 140 valence electrons. The fourth-order valence-corrected chi connectivity index (χ4v) is 3.04. The molecule has 0 saturated carbocycles. The van der Waals surface area contributed by atoms with Gasteiger partial charge in [0.15, 0.2) is 0 Å². The number of nitrogens with zero attached hydrogens (tertiary/aromatic N) is 3. The molecule has 3 rings (SSSR count). The van der Waals surface area contributed by atoms with Crippen molar-refractivity contribution in [1.29, 1.82) is 0 Å². The van der Waals surface area contributed by atoms with Crippen molar-refractivity contribution in [2.75, 3.05) is 12.8 Å². The largest absolute Gasteiger partial charge is 0.462 e. The lowest BCUT2D eigenvalue weighted by Crippen LogP contribution is -2.27. The number of aromatic amines is 1. The van der Waals surface area contributed by atoms with E-state index < -0.39 is 0 Å². The van der Waals surface area contributed by atoms with E-state index in [1.807, 2.05) is 19.1 Å². The maximum Gasteiger partial charge on any atom is 0.233 e. The number of aryl methyl sites for hydroxylation is 1. The Kier molecular flexibility index (Phi) is 6.08. The Bertz CT molecular complexity index is 933. The normalized spacial score (nSPS) is 11.2. The predicted molar refractivity (Wildman–Crippen MR) is 102 cm³/mol. The first kappa shape index (κ1) is 18.9. The van der Waals surface area contributed by atoms with Gasteiger partial charge in [-0.15, -0.1) is 5.10 Å². The molecule has 0 radical (unpaired) electrons. The van der Waals surface area contributed by atoms with Gasteiger partial charge in [0.05, 0.1) is 5.75 Å². The molecule has 0 unspecified atom stereocenters. The average Bonchev–Trinajstić information content (AvgIpc) is 3.28. The Morgan fingerprint density at radius 1 is 1.26 bits per heavy atom. The molecule has 0 saturated heterocycles. The number of nitrogens with one attached hydrogen (secondary N) is 1. The highest BCUT2D eigenvalue weighted by molar-refractivity contribution is 7.99. The molecule has 0 fully saturated rings. The van der Waals surface area contributed by atoms with E-state index in [1.165, 1.54) is 23.9 Å². The number of thioether (sulfide) groups is 1. The van der Waals surface area contributed by atoms with Crippen molar-refractivity contribution in [1.82, 2.24) is 20.1 Å². The topological polar surface area (TPSA) is 75.0 Å². The minimum Gasteiger partial charge on any atom is -0.462 e. The number of carbonyl (C=O) groups is 1. The van der Waals surface area contributed by atoms with Crippen molar-refractivity contribution >= 4 is 29.8 Å². The summed E-state index contributed by atoms with van der Waals surface area (Å²) in [5, 5.41) is 7.40. The van der Waals surface area contributed by atoms with Crippen LogP contribution in [0.4, 0.5) is 4.39 Å². The standard InChI is InChI=1S/C19H19FN4O2S/c1-13-3-8-16(26-13)9-10-17-21-19(23-22-17)27-12-18(25)24(2)11-14-4-6-15(20)7-5-14/h3-10H,11-12H2,1-2H3,(H,21,22,23)/b10-9+. The van der Waals surface area contributed by atoms with Gasteiger partial charge < -0.3 is 9.32 Å². The number of furan rings is 1. The molecule has 1 amide bonds. The Labute approximate surface area is 160 Å². The van der Waals surface area contributed by atoms with Crippen molar-refractivity contribution in [3.8, 4) is 0 Å². The van der Waals surface area contributed by atoms with Gasteiger partial charge in [0, 0.05) is 13.6 Å². The van der Waals surface area contributed by atoms with Gasteiger partial charge in [0.1, 0.15) is 23.2 Å². The van der Waals surface area contributed by atoms with Crippen LogP contribution < -0.4 is 0 Å². The summed E-state index contributed by atoms with van der Waals surface area (Å²) in [5.41, 5.74) is 0.871. The lowest BCUT2D eigenvalue weighted by molar-refractivity contribution is -0.127. The number of halogens is 1. The summed E-state index contributed by atoms with van der Waals surface area (Å²) in [7, 11) is 1.71. The number of hydrogen-bond acceptors (Lipinski definition) is 5. The molecule has 1 aromatic carbocycles. The molecule has 6 nitrogen and oxygen atoms in total. The molecule has 27 heavy (non-hydrogen) atoms. The van der Waals surface area contributed by atoms with Crippen molar-refractivity contribution in [2.45, 2.75) is 18.6 Å². The van der Waals surface area contributed by atoms with Crippen LogP contribution >= 0.6 is 11.8 Å². The zero-order valence-electron chi connectivity index (χ0n) is 15.0. The number of rotatable bonds is 7. The molecular weight excluding hydrogens is 367 g/mol. The highest BCUT2D eigenvalue weighted by Gasteiger charge is 2.12. The summed E-state index contributed by atoms with van der Waals surface area (Å²) in [6.45, 7) is 2.30. The van der Waals surface area contributed by atoms with E-state index >= 15 is 0 Å². The lowest BCUT2D eigenvalue weighted by Gasteiger charge is -2.16. The third-order valence-electron chi connectivity index (χ3n) is 3.73. The van der Waals surface area contributed by atoms with E-state index in [-0.39, 0.29) is 17.5 Å². The maximum absolute atomic E-state index is 12.9. The molecule has 8 heteroatoms. The molecule has 0 bridgehead atoms. The predicted octanol–water partition coefficient (Wildman–Crippen LogP) is 3.77. The van der Waals surface area contributed by atoms with Crippen LogP contribution in [-0.2, 0) is 11.3 Å². The van der Waals surface area contributed by atoms with Crippen LogP contribution in [-0.4, -0.2) is 38.8 Å². The third-order valence-corrected chi connectivity index (χ3v) is 4.56. The van der Waals surface area contributed by atoms with E-state index in [1.54, 1.807) is 36.2 Å². The number of hydrogen-bond donors (Lipinski definition) is 1. The van der Waals surface area contributed by atoms with E-state index in [0.29, 0.717) is 17.5 Å². The van der Waals surface area contributed by atoms with Gasteiger partial charge in [-0.25, -0.2) is 9.37 Å². The van der Waals surface area contributed by atoms with Gasteiger partial charge in [-0.2, -0.15) is 0 Å². The van der Waals surface area contributed by atoms with Gasteiger partial charge >= 0.3 is 0 Å². The zero-order chi connectivity index (χ0) is 19.2. The SMILES string of the molecule is Cc1ccc(/C=C/c2nc(SCC(=O)N(C)Cc3ccc(F)cc3)n[nH]2)o1. The van der Waals surface area contributed by atoms with Crippen molar-refractivity contribution in [3.05, 3.63) is 65.1 Å². The second-order valence-electron chi connectivity index (χ2n) is 5.95. The highest BCUT2D eigenvalue weighted by atomic mass is 32.2. The molecule has 0 spiro atoms. The van der Waals surface area contributed by atoms with E-state index in [2.05, 4.69) is 15.2 Å². The fourth-order valence-electron chi connectivity index (χ4n) is 2.29. The monoisotopic (exact) mass is 386 g/mol. The lowest BCUT2D eigenvalue weighted by atomic mass is 10.2. The molecule has 0 aliphatic carbocycles. The second kappa shape index (κ2) is 8.68. The summed E-state index contributed by atoms with van der Waals surface area (Å²) in [4.78, 5) is 18.1. The van der Waals surface area contributed by atoms with Crippen LogP contribution in [0, 0.1) is 12.7 Å². The van der Waals surface area contributed by atoms with Crippen molar-refractivity contribution in [2.24, 2.45) is 0 Å². The van der Waals surface area contributed by atoms with Gasteiger partial charge in [-0.3, -0.25) is 9.89 Å². The van der Waals surface area contributed by atoms with Crippen LogP contribution in [0.25, 0.3) is 12.2 Å². The van der Waals surface area contributed by atoms with E-state index in [4.69, 9.17) is 4.42 Å². The summed E-state index contributed by atoms with van der Waals surface area (Å²) in [6, 6.07) is 9.86. The molecule has 0 aliphatic rings. The molecule has 0 aliphatic heterocycles. The van der Waals surface area contributed by atoms with Crippen molar-refractivity contribution in [3.63, 3.8) is 0 Å². The summed E-state index contributed by atoms with van der Waals surface area (Å²) in [5.74, 6) is 2.02. The Morgan fingerprint density at radius 2 is 2.04 bits per heavy atom. The first-order valence-electron chi connectivity index (χ1n) is 8.28. The number of aromatic nitrogens is 3. The van der Waals surface area contributed by atoms with Crippen LogP contribution in [0.2, 0.25) is 0 Å². The van der Waals surface area contributed by atoms with E-state index in [9.17, 15) is 9.18 Å². The number of carbonyl (C=O) groups excluding carboxylic acids is 1. The Hall–Kier alpha value is -2.87. The van der Waals surface area contributed by atoms with Crippen LogP contribution in [0.1, 0.15) is 22.9 Å². The van der Waals surface area contributed by atoms with Gasteiger partial charge in [0.25, 0.3) is 0 Å². The molecule has 1 N–H and O–H groups in total. The first-order chi connectivity index (χ1) is 13.0. The molecule has 0 atom stereocenters. The van der Waals surface area contributed by atoms with Gasteiger partial charge in [0.2, 0.25) is 11.1 Å². The summed E-state index contributed by atoms with van der Waals surface area (Å²) >= 11 is 1.25. The summed E-state index contributed by atoms with van der Waals surface area (Å²) < 4.78 is 18.4. The average molecular weight is 386 g/mol. The van der Waals surface area contributed by atoms with Crippen LogP contribution in [0.15, 0.2) is 46.0 Å². The smallest absolute Gasteiger partial charge is 0.233 e. The molecular formula is C19H19FN4O2S. The fraction of sp³-hybridized carbons (Fsp3) is 0.211. The Morgan fingerprint density at radius 3 is 2.74 bits per heavy atom. The number of amides is 1. The van der Waals surface area contributed by atoms with Crippen LogP contribution in [0.3, 0.4) is 0 Å². The number of benzene rings is 1. The van der Waals surface area contributed by atoms with Gasteiger partial charge in [-0.1, -0.05) is 23.9 Å². The minimum absolute atomic E-state index is 0.0581.